The van der Waals surface area contributed by atoms with Gasteiger partial charge in [-0.3, -0.25) is 4.79 Å². The molecule has 0 atom stereocenters. The standard InChI is InChI=1S/C18H14O5/c1-9-7-10(2)16-13(8-9)14(19)15(20)17(23-16)11-3-5-12(6-4-11)18(21)22/h3-8,20H,1-2H3,(H,21,22)/p-1. The van der Waals surface area contributed by atoms with Gasteiger partial charge >= 0.3 is 5.97 Å². The highest BCUT2D eigenvalue weighted by Gasteiger charge is 2.12. The van der Waals surface area contributed by atoms with Crippen molar-refractivity contribution in [3.63, 3.8) is 0 Å². The van der Waals surface area contributed by atoms with E-state index in [0.717, 1.165) is 11.1 Å². The number of aromatic carboxylic acids is 1. The highest BCUT2D eigenvalue weighted by molar-refractivity contribution is 5.89. The maximum atomic E-state index is 12.3. The first kappa shape index (κ1) is 14.8. The van der Waals surface area contributed by atoms with Crippen LogP contribution in [-0.2, 0) is 0 Å². The number of hydrogen-bond donors (Lipinski definition) is 1. The van der Waals surface area contributed by atoms with Gasteiger partial charge in [-0.1, -0.05) is 18.2 Å². The molecule has 2 aromatic carbocycles. The van der Waals surface area contributed by atoms with Gasteiger partial charge in [0.15, 0.2) is 5.43 Å². The smallest absolute Gasteiger partial charge is 0.335 e. The number of benzene rings is 2. The van der Waals surface area contributed by atoms with E-state index in [9.17, 15) is 14.7 Å². The third-order valence-electron chi connectivity index (χ3n) is 3.67. The molecular weight excluding hydrogens is 296 g/mol. The molecule has 1 heterocycles. The minimum absolute atomic E-state index is 0.0774. The summed E-state index contributed by atoms with van der Waals surface area (Å²) in [6.07, 6.45) is 0. The van der Waals surface area contributed by atoms with E-state index in [1.54, 1.807) is 13.0 Å². The van der Waals surface area contributed by atoms with Gasteiger partial charge in [-0.2, -0.15) is 0 Å². The van der Waals surface area contributed by atoms with E-state index in [0.29, 0.717) is 11.1 Å². The molecular formula is C18H13O5-. The van der Waals surface area contributed by atoms with E-state index in [-0.39, 0.29) is 16.7 Å². The largest absolute Gasteiger partial charge is 0.867 e. The van der Waals surface area contributed by atoms with Crippen molar-refractivity contribution >= 4 is 16.9 Å². The first-order valence-corrected chi connectivity index (χ1v) is 6.97. The van der Waals surface area contributed by atoms with E-state index in [1.165, 1.54) is 24.3 Å². The van der Waals surface area contributed by atoms with Crippen molar-refractivity contribution in [2.75, 3.05) is 0 Å². The highest BCUT2D eigenvalue weighted by atomic mass is 16.4. The van der Waals surface area contributed by atoms with Crippen molar-refractivity contribution in [3.05, 3.63) is 63.3 Å². The van der Waals surface area contributed by atoms with E-state index >= 15 is 0 Å². The molecule has 3 aromatic rings. The number of rotatable bonds is 2. The van der Waals surface area contributed by atoms with Crippen molar-refractivity contribution in [1.82, 2.24) is 0 Å². The Bertz CT molecular complexity index is 981. The van der Waals surface area contributed by atoms with Crippen LogP contribution in [-0.4, -0.2) is 11.1 Å². The van der Waals surface area contributed by atoms with Gasteiger partial charge in [0.05, 0.1) is 10.9 Å². The van der Waals surface area contributed by atoms with Gasteiger partial charge in [0.25, 0.3) is 0 Å². The molecule has 0 aliphatic rings. The molecule has 0 aliphatic carbocycles. The lowest BCUT2D eigenvalue weighted by Gasteiger charge is -2.14. The molecule has 0 spiro atoms. The maximum Gasteiger partial charge on any atom is 0.335 e. The third-order valence-corrected chi connectivity index (χ3v) is 3.67. The molecule has 1 N–H and O–H groups in total. The van der Waals surface area contributed by atoms with Crippen LogP contribution >= 0.6 is 0 Å². The zero-order valence-electron chi connectivity index (χ0n) is 12.5. The molecule has 23 heavy (non-hydrogen) atoms. The molecule has 0 saturated carbocycles. The molecule has 0 unspecified atom stereocenters. The Morgan fingerprint density at radius 2 is 1.78 bits per heavy atom. The van der Waals surface area contributed by atoms with E-state index in [2.05, 4.69) is 0 Å². The van der Waals surface area contributed by atoms with Crippen LogP contribution in [0.5, 0.6) is 5.75 Å². The molecule has 0 saturated heterocycles. The lowest BCUT2D eigenvalue weighted by atomic mass is 10.0. The number of carbonyl (C=O) groups is 1. The van der Waals surface area contributed by atoms with E-state index < -0.39 is 17.1 Å². The average Bonchev–Trinajstić information content (AvgIpc) is 2.51. The minimum Gasteiger partial charge on any atom is -0.867 e. The maximum absolute atomic E-state index is 12.3. The van der Waals surface area contributed by atoms with Gasteiger partial charge in [-0.05, 0) is 48.9 Å². The van der Waals surface area contributed by atoms with Crippen molar-refractivity contribution in [2.45, 2.75) is 13.8 Å². The van der Waals surface area contributed by atoms with Crippen LogP contribution in [0.2, 0.25) is 0 Å². The van der Waals surface area contributed by atoms with Gasteiger partial charge in [0.2, 0.25) is 0 Å². The fourth-order valence-electron chi connectivity index (χ4n) is 2.59. The summed E-state index contributed by atoms with van der Waals surface area (Å²) in [6, 6.07) is 9.14. The number of hydrogen-bond acceptors (Lipinski definition) is 4. The quantitative estimate of drug-likeness (QED) is 0.786. The Hall–Kier alpha value is -3.08. The van der Waals surface area contributed by atoms with Gasteiger partial charge in [0, 0.05) is 5.56 Å². The fourth-order valence-corrected chi connectivity index (χ4v) is 2.59. The number of carboxylic acid groups (broad SMARTS) is 1. The monoisotopic (exact) mass is 309 g/mol. The number of fused-ring (bicyclic) bond motifs is 1. The zero-order chi connectivity index (χ0) is 16.7. The van der Waals surface area contributed by atoms with Crippen LogP contribution in [0.25, 0.3) is 22.3 Å². The molecule has 5 nitrogen and oxygen atoms in total. The average molecular weight is 309 g/mol. The Balaban J connectivity index is 2.28. The van der Waals surface area contributed by atoms with Crippen molar-refractivity contribution in [3.8, 4) is 17.1 Å². The molecule has 0 bridgehead atoms. The molecule has 5 heteroatoms. The summed E-state index contributed by atoms with van der Waals surface area (Å²) in [5.41, 5.74) is 1.86. The molecule has 3 rings (SSSR count). The lowest BCUT2D eigenvalue weighted by Crippen LogP contribution is -2.12. The molecule has 0 fully saturated rings. The Morgan fingerprint density at radius 3 is 2.39 bits per heavy atom. The second-order valence-electron chi connectivity index (χ2n) is 5.43. The summed E-state index contributed by atoms with van der Waals surface area (Å²) in [6.45, 7) is 3.65. The summed E-state index contributed by atoms with van der Waals surface area (Å²) in [5, 5.41) is 21.5. The topological polar surface area (TPSA) is 90.6 Å². The summed E-state index contributed by atoms with van der Waals surface area (Å²) in [4.78, 5) is 23.2. The molecule has 1 aromatic heterocycles. The van der Waals surface area contributed by atoms with Crippen molar-refractivity contribution in [2.24, 2.45) is 0 Å². The zero-order valence-corrected chi connectivity index (χ0v) is 12.5. The predicted octanol–water partition coefficient (Wildman–Crippen LogP) is 2.85. The summed E-state index contributed by atoms with van der Waals surface area (Å²) >= 11 is 0. The second-order valence-corrected chi connectivity index (χ2v) is 5.43. The fraction of sp³-hybridized carbons (Fsp3) is 0.111. The van der Waals surface area contributed by atoms with Crippen LogP contribution in [0.4, 0.5) is 0 Å². The van der Waals surface area contributed by atoms with Crippen LogP contribution in [0, 0.1) is 13.8 Å². The molecule has 116 valence electrons. The molecule has 0 aliphatic heterocycles. The Kier molecular flexibility index (Phi) is 3.41. The summed E-state index contributed by atoms with van der Waals surface area (Å²) in [7, 11) is 0. The minimum atomic E-state index is -1.06. The molecule has 0 amide bonds. The van der Waals surface area contributed by atoms with Crippen molar-refractivity contribution < 1.29 is 19.4 Å². The predicted molar refractivity (Wildman–Crippen MR) is 83.8 cm³/mol. The summed E-state index contributed by atoms with van der Waals surface area (Å²) in [5.74, 6) is -1.87. The normalized spacial score (nSPS) is 10.9. The second kappa shape index (κ2) is 5.28. The lowest BCUT2D eigenvalue weighted by molar-refractivity contribution is -0.270. The Morgan fingerprint density at radius 1 is 1.13 bits per heavy atom. The SMILES string of the molecule is Cc1cc(C)c2oc(-c3ccc(C(=O)O)cc3)c([O-])c(=O)c2c1. The summed E-state index contributed by atoms with van der Waals surface area (Å²) < 4.78 is 5.69. The Labute approximate surface area is 131 Å². The van der Waals surface area contributed by atoms with Crippen LogP contribution in [0.15, 0.2) is 45.6 Å². The van der Waals surface area contributed by atoms with E-state index in [4.69, 9.17) is 9.52 Å². The van der Waals surface area contributed by atoms with Gasteiger partial charge in [-0.15, -0.1) is 0 Å². The third kappa shape index (κ3) is 2.46. The molecule has 0 radical (unpaired) electrons. The van der Waals surface area contributed by atoms with Gasteiger partial charge in [-0.25, -0.2) is 4.79 Å². The first-order valence-electron chi connectivity index (χ1n) is 6.97. The highest BCUT2D eigenvalue weighted by Crippen LogP contribution is 2.30. The van der Waals surface area contributed by atoms with Gasteiger partial charge in [0.1, 0.15) is 11.3 Å². The van der Waals surface area contributed by atoms with E-state index in [1.807, 2.05) is 13.0 Å². The van der Waals surface area contributed by atoms with Crippen LogP contribution < -0.4 is 10.5 Å². The number of aryl methyl sites for hydroxylation is 2. The first-order chi connectivity index (χ1) is 10.9. The van der Waals surface area contributed by atoms with Crippen LogP contribution in [0.1, 0.15) is 21.5 Å². The van der Waals surface area contributed by atoms with Gasteiger partial charge < -0.3 is 14.6 Å². The van der Waals surface area contributed by atoms with Crippen LogP contribution in [0.3, 0.4) is 0 Å². The number of carboxylic acids is 1. The van der Waals surface area contributed by atoms with Crippen molar-refractivity contribution in [1.29, 1.82) is 0 Å².